The molecule has 0 amide bonds. The first-order chi connectivity index (χ1) is 14.3. The van der Waals surface area contributed by atoms with E-state index in [4.69, 9.17) is 0 Å². The molecule has 164 valence electrons. The Hall–Kier alpha value is -0.780. The van der Waals surface area contributed by atoms with E-state index in [9.17, 15) is 0 Å². The van der Waals surface area contributed by atoms with E-state index < -0.39 is 0 Å². The SMILES string of the molecule is CCCCc1ccc(C(CC[C@H]2CC[C@H](CCC)CC2)CC2CCCCC2)cc1. The Morgan fingerprint density at radius 2 is 1.38 bits per heavy atom. The van der Waals surface area contributed by atoms with Crippen molar-refractivity contribution in [2.24, 2.45) is 17.8 Å². The van der Waals surface area contributed by atoms with Crippen molar-refractivity contribution in [2.75, 3.05) is 0 Å². The summed E-state index contributed by atoms with van der Waals surface area (Å²) in [6.07, 6.45) is 24.6. The van der Waals surface area contributed by atoms with E-state index in [1.165, 1.54) is 109 Å². The maximum Gasteiger partial charge on any atom is -0.0159 e. The molecular weight excluding hydrogens is 348 g/mol. The van der Waals surface area contributed by atoms with E-state index in [2.05, 4.69) is 38.1 Å². The van der Waals surface area contributed by atoms with E-state index in [0.29, 0.717) is 0 Å². The maximum atomic E-state index is 2.50. The van der Waals surface area contributed by atoms with Crippen molar-refractivity contribution in [3.05, 3.63) is 35.4 Å². The van der Waals surface area contributed by atoms with Gasteiger partial charge in [0, 0.05) is 0 Å². The summed E-state index contributed by atoms with van der Waals surface area (Å²) < 4.78 is 0. The zero-order valence-corrected chi connectivity index (χ0v) is 19.6. The highest BCUT2D eigenvalue weighted by atomic mass is 14.3. The maximum absolute atomic E-state index is 2.50. The van der Waals surface area contributed by atoms with Crippen LogP contribution in [0, 0.1) is 17.8 Å². The number of rotatable bonds is 11. The molecule has 0 aliphatic heterocycles. The zero-order chi connectivity index (χ0) is 20.3. The third-order valence-electron chi connectivity index (χ3n) is 8.20. The predicted octanol–water partition coefficient (Wildman–Crippen LogP) is 9.47. The van der Waals surface area contributed by atoms with Crippen LogP contribution in [0.4, 0.5) is 0 Å². The van der Waals surface area contributed by atoms with Crippen LogP contribution in [0.15, 0.2) is 24.3 Å². The molecule has 1 aromatic carbocycles. The van der Waals surface area contributed by atoms with Crippen molar-refractivity contribution in [3.63, 3.8) is 0 Å². The summed E-state index contributed by atoms with van der Waals surface area (Å²) in [7, 11) is 0. The molecule has 0 bridgehead atoms. The van der Waals surface area contributed by atoms with E-state index >= 15 is 0 Å². The molecule has 1 aromatic rings. The summed E-state index contributed by atoms with van der Waals surface area (Å²) in [6, 6.07) is 9.87. The minimum atomic E-state index is 0.812. The predicted molar refractivity (Wildman–Crippen MR) is 129 cm³/mol. The van der Waals surface area contributed by atoms with E-state index in [1.54, 1.807) is 11.1 Å². The number of benzene rings is 1. The first-order valence-corrected chi connectivity index (χ1v) is 13.4. The molecule has 0 heterocycles. The minimum Gasteiger partial charge on any atom is -0.0654 e. The fourth-order valence-corrected chi connectivity index (χ4v) is 6.24. The molecule has 3 rings (SSSR count). The summed E-state index contributed by atoms with van der Waals surface area (Å²) in [6.45, 7) is 4.65. The Bertz CT molecular complexity index is 528. The third kappa shape index (κ3) is 7.76. The van der Waals surface area contributed by atoms with Gasteiger partial charge in [-0.15, -0.1) is 0 Å². The highest BCUT2D eigenvalue weighted by Gasteiger charge is 2.24. The average molecular weight is 397 g/mol. The van der Waals surface area contributed by atoms with Crippen LogP contribution in [-0.2, 0) is 6.42 Å². The molecule has 0 N–H and O–H groups in total. The van der Waals surface area contributed by atoms with Gasteiger partial charge in [0.05, 0.1) is 0 Å². The van der Waals surface area contributed by atoms with Crippen LogP contribution in [0.25, 0.3) is 0 Å². The molecular formula is C29H48. The Labute approximate surface area is 182 Å². The van der Waals surface area contributed by atoms with E-state index in [1.807, 2.05) is 0 Å². The van der Waals surface area contributed by atoms with Crippen molar-refractivity contribution in [1.29, 1.82) is 0 Å². The van der Waals surface area contributed by atoms with Gasteiger partial charge in [0.1, 0.15) is 0 Å². The molecule has 2 aliphatic carbocycles. The molecule has 1 atom stereocenters. The van der Waals surface area contributed by atoms with Crippen LogP contribution >= 0.6 is 0 Å². The highest BCUT2D eigenvalue weighted by molar-refractivity contribution is 5.25. The number of hydrogen-bond donors (Lipinski definition) is 0. The summed E-state index contributed by atoms with van der Waals surface area (Å²) in [5.41, 5.74) is 3.19. The second-order valence-electron chi connectivity index (χ2n) is 10.5. The lowest BCUT2D eigenvalue weighted by Gasteiger charge is -2.31. The van der Waals surface area contributed by atoms with Gasteiger partial charge in [-0.1, -0.05) is 115 Å². The Kier molecular flexibility index (Phi) is 10.1. The normalized spacial score (nSPS) is 24.5. The van der Waals surface area contributed by atoms with E-state index in [0.717, 1.165) is 23.7 Å². The van der Waals surface area contributed by atoms with Crippen molar-refractivity contribution in [1.82, 2.24) is 0 Å². The van der Waals surface area contributed by atoms with Crippen LogP contribution in [0.2, 0.25) is 0 Å². The monoisotopic (exact) mass is 396 g/mol. The van der Waals surface area contributed by atoms with Gasteiger partial charge in [0.15, 0.2) is 0 Å². The van der Waals surface area contributed by atoms with Crippen LogP contribution in [-0.4, -0.2) is 0 Å². The van der Waals surface area contributed by atoms with Gasteiger partial charge >= 0.3 is 0 Å². The Morgan fingerprint density at radius 3 is 2.00 bits per heavy atom. The molecule has 0 nitrogen and oxygen atoms in total. The fraction of sp³-hybridized carbons (Fsp3) is 0.793. The highest BCUT2D eigenvalue weighted by Crippen LogP contribution is 2.39. The molecule has 1 unspecified atom stereocenters. The average Bonchev–Trinajstić information content (AvgIpc) is 2.77. The minimum absolute atomic E-state index is 0.812. The van der Waals surface area contributed by atoms with Crippen LogP contribution in [0.5, 0.6) is 0 Å². The van der Waals surface area contributed by atoms with Gasteiger partial charge in [-0.2, -0.15) is 0 Å². The molecule has 2 aliphatic rings. The van der Waals surface area contributed by atoms with Crippen molar-refractivity contribution >= 4 is 0 Å². The molecule has 0 spiro atoms. The third-order valence-corrected chi connectivity index (χ3v) is 8.20. The smallest absolute Gasteiger partial charge is 0.0159 e. The van der Waals surface area contributed by atoms with Crippen molar-refractivity contribution in [2.45, 2.75) is 129 Å². The van der Waals surface area contributed by atoms with Crippen LogP contribution in [0.3, 0.4) is 0 Å². The van der Waals surface area contributed by atoms with Crippen LogP contribution < -0.4 is 0 Å². The molecule has 0 saturated heterocycles. The topological polar surface area (TPSA) is 0 Å². The zero-order valence-electron chi connectivity index (χ0n) is 19.6. The standard InChI is InChI=1S/C29H48/c1-3-5-10-25-17-20-28(21-18-25)29(23-27-11-7-6-8-12-27)22-19-26-15-13-24(9-4-2)14-16-26/h17-18,20-21,24,26-27,29H,3-16,19,22-23H2,1-2H3/t24-,26-,29?. The lowest BCUT2D eigenvalue weighted by atomic mass is 9.75. The summed E-state index contributed by atoms with van der Waals surface area (Å²) in [4.78, 5) is 0. The number of unbranched alkanes of at least 4 members (excludes halogenated alkanes) is 1. The first kappa shape index (κ1) is 22.9. The fourth-order valence-electron chi connectivity index (χ4n) is 6.24. The van der Waals surface area contributed by atoms with E-state index in [-0.39, 0.29) is 0 Å². The molecule has 0 aromatic heterocycles. The van der Waals surface area contributed by atoms with Gasteiger partial charge in [0.2, 0.25) is 0 Å². The second-order valence-corrected chi connectivity index (χ2v) is 10.5. The molecule has 0 radical (unpaired) electrons. The molecule has 29 heavy (non-hydrogen) atoms. The molecule has 2 saturated carbocycles. The van der Waals surface area contributed by atoms with Crippen LogP contribution in [0.1, 0.15) is 134 Å². The molecule has 0 heteroatoms. The Balaban J connectivity index is 1.56. The lowest BCUT2D eigenvalue weighted by molar-refractivity contribution is 0.238. The summed E-state index contributed by atoms with van der Waals surface area (Å²) >= 11 is 0. The van der Waals surface area contributed by atoms with Crippen molar-refractivity contribution < 1.29 is 0 Å². The van der Waals surface area contributed by atoms with Gasteiger partial charge in [0.25, 0.3) is 0 Å². The van der Waals surface area contributed by atoms with Gasteiger partial charge in [-0.05, 0) is 66.9 Å². The quantitative estimate of drug-likeness (QED) is 0.349. The van der Waals surface area contributed by atoms with Gasteiger partial charge in [-0.3, -0.25) is 0 Å². The Morgan fingerprint density at radius 1 is 0.724 bits per heavy atom. The summed E-state index contributed by atoms with van der Waals surface area (Å²) in [5, 5.41) is 0. The second kappa shape index (κ2) is 12.8. The lowest BCUT2D eigenvalue weighted by Crippen LogP contribution is -2.16. The van der Waals surface area contributed by atoms with Crippen molar-refractivity contribution in [3.8, 4) is 0 Å². The van der Waals surface area contributed by atoms with Gasteiger partial charge in [-0.25, -0.2) is 0 Å². The van der Waals surface area contributed by atoms with Gasteiger partial charge < -0.3 is 0 Å². The number of aryl methyl sites for hydroxylation is 1. The largest absolute Gasteiger partial charge is 0.0654 e. The number of hydrogen-bond acceptors (Lipinski definition) is 0. The first-order valence-electron chi connectivity index (χ1n) is 13.4. The summed E-state index contributed by atoms with van der Waals surface area (Å²) in [5.74, 6) is 3.87. The molecule has 2 fully saturated rings.